The number of piperidine rings is 2. The minimum absolute atomic E-state index is 0.0126. The Morgan fingerprint density at radius 1 is 0.853 bits per heavy atom. The molecule has 3 heterocycles. The van der Waals surface area contributed by atoms with Crippen LogP contribution in [0, 0.1) is 5.92 Å². The van der Waals surface area contributed by atoms with Gasteiger partial charge in [0, 0.05) is 55.2 Å². The second kappa shape index (κ2) is 9.55. The van der Waals surface area contributed by atoms with Crippen molar-refractivity contribution in [1.29, 1.82) is 0 Å². The van der Waals surface area contributed by atoms with Gasteiger partial charge in [-0.2, -0.15) is 0 Å². The van der Waals surface area contributed by atoms with Gasteiger partial charge in [-0.3, -0.25) is 9.78 Å². The van der Waals surface area contributed by atoms with E-state index in [1.165, 1.54) is 0 Å². The standard InChI is InChI=1S/C26H28ClN3O3S/c27-22-3-1-21-18-25(4-2-20(21)17-22)34(32,33)24-9-15-30(16-10-24)26(31)19-7-13-29(14-8-19)23-5-11-28-12-6-23/h1-6,11-12,17-19,24H,7-10,13-16H2. The zero-order valence-corrected chi connectivity index (χ0v) is 20.5. The van der Waals surface area contributed by atoms with Crippen LogP contribution in [0.5, 0.6) is 0 Å². The summed E-state index contributed by atoms with van der Waals surface area (Å²) >= 11 is 6.05. The first-order chi connectivity index (χ1) is 16.4. The summed E-state index contributed by atoms with van der Waals surface area (Å²) in [5.74, 6) is 0.186. The van der Waals surface area contributed by atoms with Crippen LogP contribution >= 0.6 is 11.6 Å². The average Bonchev–Trinajstić information content (AvgIpc) is 2.88. The van der Waals surface area contributed by atoms with Crippen molar-refractivity contribution in [2.45, 2.75) is 35.8 Å². The van der Waals surface area contributed by atoms with E-state index in [2.05, 4.69) is 9.88 Å². The number of benzene rings is 2. The van der Waals surface area contributed by atoms with E-state index in [0.29, 0.717) is 35.8 Å². The van der Waals surface area contributed by atoms with Crippen LogP contribution in [0.15, 0.2) is 65.8 Å². The maximum atomic E-state index is 13.3. The molecular formula is C26H28ClN3O3S. The molecule has 6 nitrogen and oxygen atoms in total. The van der Waals surface area contributed by atoms with Crippen LogP contribution in [0.3, 0.4) is 0 Å². The quantitative estimate of drug-likeness (QED) is 0.528. The molecule has 5 rings (SSSR count). The summed E-state index contributed by atoms with van der Waals surface area (Å²) in [4.78, 5) is 21.7. The highest BCUT2D eigenvalue weighted by Crippen LogP contribution is 2.30. The minimum Gasteiger partial charge on any atom is -0.371 e. The average molecular weight is 498 g/mol. The molecule has 0 bridgehead atoms. The van der Waals surface area contributed by atoms with Crippen molar-refractivity contribution in [3.63, 3.8) is 0 Å². The number of aromatic nitrogens is 1. The molecule has 34 heavy (non-hydrogen) atoms. The van der Waals surface area contributed by atoms with E-state index in [4.69, 9.17) is 11.6 Å². The molecule has 178 valence electrons. The van der Waals surface area contributed by atoms with Crippen molar-refractivity contribution >= 4 is 43.8 Å². The smallest absolute Gasteiger partial charge is 0.225 e. The highest BCUT2D eigenvalue weighted by Gasteiger charge is 2.35. The number of sulfone groups is 1. The molecular weight excluding hydrogens is 470 g/mol. The number of amides is 1. The first kappa shape index (κ1) is 23.1. The van der Waals surface area contributed by atoms with Crippen LogP contribution in [0.4, 0.5) is 5.69 Å². The molecule has 0 aliphatic carbocycles. The second-order valence-electron chi connectivity index (χ2n) is 9.19. The highest BCUT2D eigenvalue weighted by molar-refractivity contribution is 7.92. The second-order valence-corrected chi connectivity index (χ2v) is 11.9. The number of nitrogens with zero attached hydrogens (tertiary/aromatic N) is 3. The van der Waals surface area contributed by atoms with Gasteiger partial charge in [0.15, 0.2) is 9.84 Å². The monoisotopic (exact) mass is 497 g/mol. The first-order valence-corrected chi connectivity index (χ1v) is 13.7. The highest BCUT2D eigenvalue weighted by atomic mass is 35.5. The molecule has 0 spiro atoms. The molecule has 8 heteroatoms. The van der Waals surface area contributed by atoms with Crippen LogP contribution in [-0.4, -0.2) is 55.6 Å². The molecule has 0 N–H and O–H groups in total. The molecule has 2 aliphatic rings. The fourth-order valence-corrected chi connectivity index (χ4v) is 7.09. The van der Waals surface area contributed by atoms with Crippen molar-refractivity contribution in [2.75, 3.05) is 31.1 Å². The summed E-state index contributed by atoms with van der Waals surface area (Å²) in [6.07, 6.45) is 6.17. The van der Waals surface area contributed by atoms with Crippen LogP contribution in [-0.2, 0) is 14.6 Å². The van der Waals surface area contributed by atoms with Gasteiger partial charge < -0.3 is 9.80 Å². The van der Waals surface area contributed by atoms with E-state index >= 15 is 0 Å². The topological polar surface area (TPSA) is 70.6 Å². The molecule has 3 aromatic rings. The molecule has 0 saturated carbocycles. The van der Waals surface area contributed by atoms with Crippen LogP contribution < -0.4 is 4.90 Å². The number of fused-ring (bicyclic) bond motifs is 1. The normalized spacial score (nSPS) is 18.4. The maximum Gasteiger partial charge on any atom is 0.225 e. The van der Waals surface area contributed by atoms with Crippen molar-refractivity contribution in [1.82, 2.24) is 9.88 Å². The van der Waals surface area contributed by atoms with Gasteiger partial charge in [0.25, 0.3) is 0 Å². The number of pyridine rings is 1. The van der Waals surface area contributed by atoms with Gasteiger partial charge in [-0.15, -0.1) is 0 Å². The summed E-state index contributed by atoms with van der Waals surface area (Å²) in [5.41, 5.74) is 1.14. The SMILES string of the molecule is O=C(C1CCN(c2ccncc2)CC1)N1CCC(S(=O)(=O)c2ccc3cc(Cl)ccc3c2)CC1. The van der Waals surface area contributed by atoms with Crippen LogP contribution in [0.2, 0.25) is 5.02 Å². The summed E-state index contributed by atoms with van der Waals surface area (Å²) < 4.78 is 26.6. The van der Waals surface area contributed by atoms with Crippen molar-refractivity contribution in [3.05, 3.63) is 65.9 Å². The third-order valence-corrected chi connectivity index (χ3v) is 9.66. The molecule has 1 amide bonds. The van der Waals surface area contributed by atoms with E-state index in [-0.39, 0.29) is 11.8 Å². The molecule has 2 aliphatic heterocycles. The van der Waals surface area contributed by atoms with E-state index in [1.807, 2.05) is 35.2 Å². The van der Waals surface area contributed by atoms with Gasteiger partial charge in [0.2, 0.25) is 5.91 Å². The summed E-state index contributed by atoms with van der Waals surface area (Å²) in [5, 5.41) is 1.94. The summed E-state index contributed by atoms with van der Waals surface area (Å²) in [6, 6.07) is 14.7. The number of rotatable bonds is 4. The Bertz CT molecular complexity index is 1280. The number of hydrogen-bond donors (Lipinski definition) is 0. The summed E-state index contributed by atoms with van der Waals surface area (Å²) in [6.45, 7) is 2.68. The Balaban J connectivity index is 1.19. The maximum absolute atomic E-state index is 13.3. The number of halogens is 1. The molecule has 2 saturated heterocycles. The predicted octanol–water partition coefficient (Wildman–Crippen LogP) is 4.57. The predicted molar refractivity (Wildman–Crippen MR) is 135 cm³/mol. The lowest BCUT2D eigenvalue weighted by atomic mass is 9.94. The van der Waals surface area contributed by atoms with Gasteiger partial charge in [0.1, 0.15) is 0 Å². The fraction of sp³-hybridized carbons (Fsp3) is 0.385. The van der Waals surface area contributed by atoms with Gasteiger partial charge in [0.05, 0.1) is 10.1 Å². The molecule has 2 fully saturated rings. The molecule has 0 atom stereocenters. The van der Waals surface area contributed by atoms with Gasteiger partial charge in [-0.05, 0) is 72.9 Å². The lowest BCUT2D eigenvalue weighted by Crippen LogP contribution is -2.47. The number of carbonyl (C=O) groups is 1. The fourth-order valence-electron chi connectivity index (χ4n) is 5.15. The molecule has 1 aromatic heterocycles. The van der Waals surface area contributed by atoms with E-state index < -0.39 is 15.1 Å². The van der Waals surface area contributed by atoms with Crippen LogP contribution in [0.25, 0.3) is 10.8 Å². The Morgan fingerprint density at radius 2 is 1.50 bits per heavy atom. The Kier molecular flexibility index (Phi) is 6.49. The molecule has 2 aromatic carbocycles. The minimum atomic E-state index is -3.46. The Hall–Kier alpha value is -2.64. The Morgan fingerprint density at radius 3 is 2.21 bits per heavy atom. The largest absolute Gasteiger partial charge is 0.371 e. The van der Waals surface area contributed by atoms with E-state index in [9.17, 15) is 13.2 Å². The van der Waals surface area contributed by atoms with Crippen molar-refractivity contribution in [3.8, 4) is 0 Å². The Labute approximate surface area is 205 Å². The molecule has 0 unspecified atom stereocenters. The van der Waals surface area contributed by atoms with Crippen molar-refractivity contribution < 1.29 is 13.2 Å². The third kappa shape index (κ3) is 4.64. The number of anilines is 1. The lowest BCUT2D eigenvalue weighted by Gasteiger charge is -2.37. The number of likely N-dealkylation sites (tertiary alicyclic amines) is 1. The van der Waals surface area contributed by atoms with E-state index in [0.717, 1.165) is 42.4 Å². The zero-order chi connectivity index (χ0) is 23.7. The van der Waals surface area contributed by atoms with Crippen molar-refractivity contribution in [2.24, 2.45) is 5.92 Å². The van der Waals surface area contributed by atoms with Gasteiger partial charge >= 0.3 is 0 Å². The van der Waals surface area contributed by atoms with Gasteiger partial charge in [-0.25, -0.2) is 8.42 Å². The van der Waals surface area contributed by atoms with E-state index in [1.54, 1.807) is 30.6 Å². The number of hydrogen-bond acceptors (Lipinski definition) is 5. The zero-order valence-electron chi connectivity index (χ0n) is 18.9. The first-order valence-electron chi connectivity index (χ1n) is 11.8. The molecule has 0 radical (unpaired) electrons. The van der Waals surface area contributed by atoms with Gasteiger partial charge in [-0.1, -0.05) is 23.7 Å². The lowest BCUT2D eigenvalue weighted by molar-refractivity contribution is -0.137. The van der Waals surface area contributed by atoms with Crippen LogP contribution in [0.1, 0.15) is 25.7 Å². The third-order valence-electron chi connectivity index (χ3n) is 7.17. The summed E-state index contributed by atoms with van der Waals surface area (Å²) in [7, 11) is -3.46. The number of carbonyl (C=O) groups excluding carboxylic acids is 1.